The number of ether oxygens (including phenoxy) is 1. The lowest BCUT2D eigenvalue weighted by molar-refractivity contribution is -0.0720. The third kappa shape index (κ3) is 2.55. The molecule has 1 N–H and O–H groups in total. The average Bonchev–Trinajstić information content (AvgIpc) is 2.51. The van der Waals surface area contributed by atoms with Crippen LogP contribution in [0, 0.1) is 26.2 Å². The normalized spacial score (nSPS) is 26.2. The molecule has 21 heavy (non-hydrogen) atoms. The second-order valence-corrected chi connectivity index (χ2v) is 5.86. The number of halogens is 1. The number of nitrogens with one attached hydrogen (secondary N) is 1. The van der Waals surface area contributed by atoms with E-state index < -0.39 is 5.82 Å². The molecule has 0 saturated carbocycles. The first kappa shape index (κ1) is 14.5. The Bertz CT molecular complexity index is 596. The van der Waals surface area contributed by atoms with Crippen molar-refractivity contribution in [1.82, 2.24) is 10.2 Å². The van der Waals surface area contributed by atoms with Gasteiger partial charge in [0.2, 0.25) is 5.69 Å². The zero-order valence-electron chi connectivity index (χ0n) is 12.4. The molecule has 2 aliphatic heterocycles. The molecule has 2 atom stereocenters. The Morgan fingerprint density at radius 1 is 1.48 bits per heavy atom. The molecular weight excluding hydrogens is 269 g/mol. The van der Waals surface area contributed by atoms with Crippen LogP contribution in [0.4, 0.5) is 10.1 Å². The Morgan fingerprint density at radius 3 is 3.05 bits per heavy atom. The Hall–Kier alpha value is -1.48. The van der Waals surface area contributed by atoms with Gasteiger partial charge in [-0.2, -0.15) is 0 Å². The highest BCUT2D eigenvalue weighted by atomic mass is 19.1. The minimum Gasteiger partial charge on any atom is -0.371 e. The molecule has 0 amide bonds. The molecule has 2 saturated heterocycles. The van der Waals surface area contributed by atoms with E-state index >= 15 is 0 Å². The lowest BCUT2D eigenvalue weighted by Crippen LogP contribution is -2.57. The van der Waals surface area contributed by atoms with Gasteiger partial charge >= 0.3 is 0 Å². The average molecular weight is 289 g/mol. The predicted molar refractivity (Wildman–Crippen MR) is 79.1 cm³/mol. The first-order valence-electron chi connectivity index (χ1n) is 7.35. The van der Waals surface area contributed by atoms with Gasteiger partial charge in [-0.1, -0.05) is 6.07 Å². The summed E-state index contributed by atoms with van der Waals surface area (Å²) in [7, 11) is 0. The van der Waals surface area contributed by atoms with Crippen molar-refractivity contribution in [2.24, 2.45) is 0 Å². The van der Waals surface area contributed by atoms with Gasteiger partial charge in [0.25, 0.3) is 0 Å². The summed E-state index contributed by atoms with van der Waals surface area (Å²) < 4.78 is 20.0. The number of hydrogen-bond donors (Lipinski definition) is 1. The van der Waals surface area contributed by atoms with Crippen LogP contribution in [-0.2, 0) is 4.74 Å². The largest absolute Gasteiger partial charge is 0.371 e. The smallest absolute Gasteiger partial charge is 0.225 e. The Morgan fingerprint density at radius 2 is 2.29 bits per heavy atom. The summed E-state index contributed by atoms with van der Waals surface area (Å²) in [5, 5.41) is 3.37. The number of nitrogens with zero attached hydrogens (tertiary/aromatic N) is 2. The highest BCUT2D eigenvalue weighted by Crippen LogP contribution is 2.35. The number of piperazine rings is 1. The van der Waals surface area contributed by atoms with E-state index in [0.29, 0.717) is 23.8 Å². The molecule has 2 aliphatic rings. The highest BCUT2D eigenvalue weighted by molar-refractivity contribution is 5.59. The second-order valence-electron chi connectivity index (χ2n) is 5.86. The van der Waals surface area contributed by atoms with Crippen LogP contribution in [0.15, 0.2) is 6.07 Å². The fraction of sp³-hybridized carbons (Fsp3) is 0.562. The summed E-state index contributed by atoms with van der Waals surface area (Å²) in [6, 6.07) is 2.27. The lowest BCUT2D eigenvalue weighted by Gasteiger charge is -2.43. The van der Waals surface area contributed by atoms with Gasteiger partial charge in [0.15, 0.2) is 0 Å². The lowest BCUT2D eigenvalue weighted by atomic mass is 9.96. The molecule has 112 valence electrons. The Balaban J connectivity index is 1.91. The van der Waals surface area contributed by atoms with Crippen molar-refractivity contribution in [1.29, 1.82) is 0 Å². The number of hydrogen-bond acceptors (Lipinski definition) is 3. The molecule has 2 heterocycles. The summed E-state index contributed by atoms with van der Waals surface area (Å²) in [5.41, 5.74) is 2.33. The third-order valence-corrected chi connectivity index (χ3v) is 4.54. The molecular formula is C16H20FN3O. The topological polar surface area (TPSA) is 28.9 Å². The Labute approximate surface area is 124 Å². The second kappa shape index (κ2) is 5.72. The van der Waals surface area contributed by atoms with Gasteiger partial charge in [-0.3, -0.25) is 4.90 Å². The molecule has 2 fully saturated rings. The van der Waals surface area contributed by atoms with Crippen LogP contribution >= 0.6 is 0 Å². The quantitative estimate of drug-likeness (QED) is 0.805. The van der Waals surface area contributed by atoms with Gasteiger partial charge in [-0.25, -0.2) is 9.24 Å². The van der Waals surface area contributed by atoms with Crippen molar-refractivity contribution >= 4 is 5.69 Å². The van der Waals surface area contributed by atoms with Gasteiger partial charge in [-0.15, -0.1) is 0 Å². The van der Waals surface area contributed by atoms with E-state index in [1.165, 1.54) is 0 Å². The third-order valence-electron chi connectivity index (χ3n) is 4.54. The number of fused-ring (bicyclic) bond motifs is 1. The van der Waals surface area contributed by atoms with Gasteiger partial charge < -0.3 is 10.1 Å². The summed E-state index contributed by atoms with van der Waals surface area (Å²) in [5.74, 6) is -0.401. The molecule has 0 unspecified atom stereocenters. The van der Waals surface area contributed by atoms with Crippen LogP contribution < -0.4 is 5.32 Å². The van der Waals surface area contributed by atoms with E-state index in [1.54, 1.807) is 6.92 Å². The van der Waals surface area contributed by atoms with Gasteiger partial charge in [0, 0.05) is 32.2 Å². The molecule has 1 aromatic carbocycles. The van der Waals surface area contributed by atoms with Crippen LogP contribution in [0.1, 0.15) is 22.8 Å². The molecule has 0 spiro atoms. The standard InChI is InChI=1S/C16H20FN3O/c1-10-6-13(11(2)16(18-3)15(10)17)14-8-20-5-4-19-7-12(20)9-21-14/h6,12,14,19H,4-5,7-9H2,1-2H3/t12-,14-/m0/s1. The summed E-state index contributed by atoms with van der Waals surface area (Å²) in [6.45, 7) is 15.2. The zero-order chi connectivity index (χ0) is 15.0. The molecule has 0 radical (unpaired) electrons. The molecule has 3 rings (SSSR count). The van der Waals surface area contributed by atoms with Gasteiger partial charge in [0.05, 0.1) is 19.3 Å². The van der Waals surface area contributed by atoms with Gasteiger partial charge in [-0.05, 0) is 30.5 Å². The fourth-order valence-corrected chi connectivity index (χ4v) is 3.25. The SMILES string of the molecule is [C-]#[N+]c1c(C)c([C@@H]2CN3CCNC[C@H]3CO2)cc(C)c1F. The Kier molecular flexibility index (Phi) is 3.94. The summed E-state index contributed by atoms with van der Waals surface area (Å²) >= 11 is 0. The van der Waals surface area contributed by atoms with Crippen molar-refractivity contribution in [3.05, 3.63) is 40.0 Å². The van der Waals surface area contributed by atoms with Crippen molar-refractivity contribution < 1.29 is 9.13 Å². The van der Waals surface area contributed by atoms with E-state index in [9.17, 15) is 4.39 Å². The van der Waals surface area contributed by atoms with Crippen molar-refractivity contribution in [3.8, 4) is 0 Å². The number of morpholine rings is 1. The number of aryl methyl sites for hydroxylation is 1. The fourth-order valence-electron chi connectivity index (χ4n) is 3.25. The zero-order valence-corrected chi connectivity index (χ0v) is 12.4. The summed E-state index contributed by atoms with van der Waals surface area (Å²) in [4.78, 5) is 5.79. The van der Waals surface area contributed by atoms with Crippen molar-refractivity contribution in [2.45, 2.75) is 26.0 Å². The van der Waals surface area contributed by atoms with Crippen LogP contribution in [-0.4, -0.2) is 43.7 Å². The van der Waals surface area contributed by atoms with E-state index in [4.69, 9.17) is 11.3 Å². The highest BCUT2D eigenvalue weighted by Gasteiger charge is 2.32. The first-order chi connectivity index (χ1) is 10.1. The van der Waals surface area contributed by atoms with Gasteiger partial charge in [0.1, 0.15) is 5.82 Å². The molecule has 0 aliphatic carbocycles. The van der Waals surface area contributed by atoms with E-state index in [0.717, 1.165) is 31.7 Å². The predicted octanol–water partition coefficient (Wildman–Crippen LogP) is 2.34. The number of rotatable bonds is 1. The van der Waals surface area contributed by atoms with Crippen LogP contribution in [0.2, 0.25) is 0 Å². The number of benzene rings is 1. The minimum atomic E-state index is -0.401. The minimum absolute atomic E-state index is 0.0702. The van der Waals surface area contributed by atoms with E-state index in [2.05, 4.69) is 15.1 Å². The summed E-state index contributed by atoms with van der Waals surface area (Å²) in [6.07, 6.45) is -0.0702. The monoisotopic (exact) mass is 289 g/mol. The molecule has 4 nitrogen and oxygen atoms in total. The molecule has 0 bridgehead atoms. The van der Waals surface area contributed by atoms with Crippen LogP contribution in [0.5, 0.6) is 0 Å². The molecule has 5 heteroatoms. The van der Waals surface area contributed by atoms with Crippen LogP contribution in [0.25, 0.3) is 4.85 Å². The van der Waals surface area contributed by atoms with Crippen LogP contribution in [0.3, 0.4) is 0 Å². The van der Waals surface area contributed by atoms with Crippen molar-refractivity contribution in [3.63, 3.8) is 0 Å². The van der Waals surface area contributed by atoms with Crippen molar-refractivity contribution in [2.75, 3.05) is 32.8 Å². The maximum Gasteiger partial charge on any atom is 0.225 e. The molecule has 1 aromatic rings. The first-order valence-corrected chi connectivity index (χ1v) is 7.35. The van der Waals surface area contributed by atoms with E-state index in [1.807, 2.05) is 13.0 Å². The maximum absolute atomic E-state index is 14.0. The van der Waals surface area contributed by atoms with E-state index in [-0.39, 0.29) is 11.8 Å². The molecule has 0 aromatic heterocycles. The maximum atomic E-state index is 14.0.